The molecule has 0 bridgehead atoms. The molecule has 12 heteroatoms. The van der Waals surface area contributed by atoms with E-state index < -0.39 is 11.7 Å². The highest BCUT2D eigenvalue weighted by molar-refractivity contribution is 14.0. The Bertz CT molecular complexity index is 885. The molecule has 2 aromatic rings. The summed E-state index contributed by atoms with van der Waals surface area (Å²) >= 11 is 7.71. The lowest BCUT2D eigenvalue weighted by Crippen LogP contribution is -2.44. The molecule has 0 radical (unpaired) electrons. The fraction of sp³-hybridized carbons (Fsp3) is 0.500. The Kier molecular flexibility index (Phi) is 8.57. The average Bonchev–Trinajstić information content (AvgIpc) is 3.24. The molecule has 1 saturated heterocycles. The fourth-order valence-electron chi connectivity index (χ4n) is 3.05. The van der Waals surface area contributed by atoms with Gasteiger partial charge < -0.3 is 15.5 Å². The van der Waals surface area contributed by atoms with Gasteiger partial charge in [-0.3, -0.25) is 4.99 Å². The number of aliphatic imine (C=N–C) groups is 1. The zero-order chi connectivity index (χ0) is 21.2. The number of nitrogens with zero attached hydrogens (tertiary/aromatic N) is 4. The fourth-order valence-corrected chi connectivity index (χ4v) is 4.21. The number of nitrogens with one attached hydrogen (secondary N) is 2. The molecule has 3 heterocycles. The summed E-state index contributed by atoms with van der Waals surface area (Å²) in [6, 6.07) is 0.990. The van der Waals surface area contributed by atoms with Crippen LogP contribution in [0.2, 0.25) is 5.02 Å². The Morgan fingerprint density at radius 1 is 1.40 bits per heavy atom. The Labute approximate surface area is 199 Å². The summed E-state index contributed by atoms with van der Waals surface area (Å²) in [5.41, 5.74) is 0.180. The van der Waals surface area contributed by atoms with Crippen LogP contribution in [0.1, 0.15) is 27.6 Å². The van der Waals surface area contributed by atoms with Gasteiger partial charge in [0.1, 0.15) is 10.8 Å². The smallest absolute Gasteiger partial charge is 0.353 e. The molecule has 3 rings (SSSR count). The predicted octanol–water partition coefficient (Wildman–Crippen LogP) is 4.39. The maximum absolute atomic E-state index is 12.8. The third kappa shape index (κ3) is 6.10. The molecule has 1 fully saturated rings. The molecule has 0 spiro atoms. The second-order valence-electron chi connectivity index (χ2n) is 6.78. The number of anilines is 1. The average molecular weight is 575 g/mol. The molecule has 1 atom stereocenters. The van der Waals surface area contributed by atoms with Gasteiger partial charge in [0.2, 0.25) is 0 Å². The minimum atomic E-state index is -4.46. The van der Waals surface area contributed by atoms with Crippen LogP contribution >= 0.6 is 46.9 Å². The first-order chi connectivity index (χ1) is 13.7. The van der Waals surface area contributed by atoms with Crippen LogP contribution < -0.4 is 15.5 Å². The minimum Gasteiger partial charge on any atom is -0.353 e. The van der Waals surface area contributed by atoms with Crippen molar-refractivity contribution in [1.29, 1.82) is 0 Å². The normalized spacial score (nSPS) is 17.1. The zero-order valence-corrected chi connectivity index (χ0v) is 20.6. The predicted molar refractivity (Wildman–Crippen MR) is 125 cm³/mol. The largest absolute Gasteiger partial charge is 0.417 e. The number of aromatic nitrogens is 2. The highest BCUT2D eigenvalue weighted by Crippen LogP contribution is 2.34. The lowest BCUT2D eigenvalue weighted by atomic mass is 10.2. The van der Waals surface area contributed by atoms with Crippen molar-refractivity contribution in [2.24, 2.45) is 4.99 Å². The first-order valence-corrected chi connectivity index (χ1v) is 10.2. The van der Waals surface area contributed by atoms with Crippen LogP contribution in [0.3, 0.4) is 0 Å². The number of guanidine groups is 1. The first kappa shape index (κ1) is 24.9. The maximum Gasteiger partial charge on any atom is 0.417 e. The number of rotatable bonds is 4. The van der Waals surface area contributed by atoms with Gasteiger partial charge in [-0.05, 0) is 26.3 Å². The van der Waals surface area contributed by atoms with E-state index in [2.05, 4.69) is 25.6 Å². The molecule has 0 amide bonds. The monoisotopic (exact) mass is 574 g/mol. The summed E-state index contributed by atoms with van der Waals surface area (Å²) in [5, 5.41) is 7.56. The van der Waals surface area contributed by atoms with E-state index in [1.807, 2.05) is 18.7 Å². The van der Waals surface area contributed by atoms with Gasteiger partial charge in [-0.2, -0.15) is 13.2 Å². The molecule has 166 valence electrons. The van der Waals surface area contributed by atoms with Crippen LogP contribution in [0, 0.1) is 13.8 Å². The number of hydrogen-bond donors (Lipinski definition) is 2. The van der Waals surface area contributed by atoms with Crippen molar-refractivity contribution < 1.29 is 13.2 Å². The van der Waals surface area contributed by atoms with Crippen LogP contribution in [-0.2, 0) is 12.7 Å². The molecule has 1 aliphatic heterocycles. The molecular weight excluding hydrogens is 552 g/mol. The van der Waals surface area contributed by atoms with Crippen molar-refractivity contribution in [1.82, 2.24) is 20.6 Å². The molecule has 2 N–H and O–H groups in total. The molecule has 6 nitrogen and oxygen atoms in total. The van der Waals surface area contributed by atoms with Gasteiger partial charge in [-0.15, -0.1) is 35.3 Å². The van der Waals surface area contributed by atoms with E-state index in [4.69, 9.17) is 11.6 Å². The Hall–Kier alpha value is -1.34. The van der Waals surface area contributed by atoms with Crippen molar-refractivity contribution >= 4 is 58.7 Å². The minimum absolute atomic E-state index is 0. The standard InChI is InChI=1S/C18H22ClF3N6S.HI/c1-10-11(2)29-15(26-10)8-25-17(23-3)27-13-4-5-28(9-13)16-14(19)6-12(7-24-16)18(20,21)22;/h6-7,13H,4-5,8-9H2,1-3H3,(H2,23,25,27);1H. The lowest BCUT2D eigenvalue weighted by molar-refractivity contribution is -0.137. The van der Waals surface area contributed by atoms with Crippen LogP contribution in [0.4, 0.5) is 19.0 Å². The molecule has 1 aliphatic rings. The summed E-state index contributed by atoms with van der Waals surface area (Å²) in [6.45, 7) is 5.79. The van der Waals surface area contributed by atoms with Crippen molar-refractivity contribution in [2.45, 2.75) is 39.0 Å². The van der Waals surface area contributed by atoms with E-state index in [-0.39, 0.29) is 35.0 Å². The number of pyridine rings is 1. The summed E-state index contributed by atoms with van der Waals surface area (Å²) < 4.78 is 38.4. The lowest BCUT2D eigenvalue weighted by Gasteiger charge is -2.21. The quantitative estimate of drug-likeness (QED) is 0.322. The zero-order valence-electron chi connectivity index (χ0n) is 16.7. The summed E-state index contributed by atoms with van der Waals surface area (Å²) in [4.78, 5) is 15.7. The molecule has 0 saturated carbocycles. The number of hydrogen-bond acceptors (Lipinski definition) is 5. The van der Waals surface area contributed by atoms with Crippen molar-refractivity contribution in [3.63, 3.8) is 0 Å². The van der Waals surface area contributed by atoms with E-state index in [1.165, 1.54) is 4.88 Å². The summed E-state index contributed by atoms with van der Waals surface area (Å²) in [5.74, 6) is 1.01. The van der Waals surface area contributed by atoms with Gasteiger partial charge >= 0.3 is 6.18 Å². The third-order valence-corrected chi connectivity index (χ3v) is 6.03. The van der Waals surface area contributed by atoms with Crippen LogP contribution in [-0.4, -0.2) is 42.1 Å². The van der Waals surface area contributed by atoms with Gasteiger partial charge in [-0.1, -0.05) is 11.6 Å². The number of halogens is 5. The molecule has 1 unspecified atom stereocenters. The van der Waals surface area contributed by atoms with Crippen molar-refractivity contribution in [2.75, 3.05) is 25.0 Å². The first-order valence-electron chi connectivity index (χ1n) is 9.05. The highest BCUT2D eigenvalue weighted by atomic mass is 127. The Balaban J connectivity index is 0.00000320. The van der Waals surface area contributed by atoms with E-state index in [9.17, 15) is 13.2 Å². The second kappa shape index (κ2) is 10.3. The molecule has 0 aliphatic carbocycles. The third-order valence-electron chi connectivity index (χ3n) is 4.68. The number of aryl methyl sites for hydroxylation is 2. The molecular formula is C18H23ClF3IN6S. The SMILES string of the molecule is CN=C(NCc1nc(C)c(C)s1)NC1CCN(c2ncc(C(F)(F)F)cc2Cl)C1.I. The van der Waals surface area contributed by atoms with Crippen molar-refractivity contribution in [3.8, 4) is 0 Å². The maximum atomic E-state index is 12.8. The van der Waals surface area contributed by atoms with Gasteiger partial charge in [0.25, 0.3) is 0 Å². The highest BCUT2D eigenvalue weighted by Gasteiger charge is 2.33. The van der Waals surface area contributed by atoms with E-state index in [1.54, 1.807) is 18.4 Å². The van der Waals surface area contributed by atoms with E-state index in [0.29, 0.717) is 31.4 Å². The van der Waals surface area contributed by atoms with Gasteiger partial charge in [-0.25, -0.2) is 9.97 Å². The molecule has 2 aromatic heterocycles. The van der Waals surface area contributed by atoms with Crippen LogP contribution in [0.15, 0.2) is 17.3 Å². The second-order valence-corrected chi connectivity index (χ2v) is 8.47. The van der Waals surface area contributed by atoms with Gasteiger partial charge in [0.15, 0.2) is 5.96 Å². The molecule has 30 heavy (non-hydrogen) atoms. The summed E-state index contributed by atoms with van der Waals surface area (Å²) in [7, 11) is 1.69. The Morgan fingerprint density at radius 3 is 2.70 bits per heavy atom. The van der Waals surface area contributed by atoms with E-state index in [0.717, 1.165) is 29.4 Å². The summed E-state index contributed by atoms with van der Waals surface area (Å²) in [6.07, 6.45) is -2.85. The van der Waals surface area contributed by atoms with Gasteiger partial charge in [0.05, 0.1) is 22.8 Å². The number of alkyl halides is 3. The van der Waals surface area contributed by atoms with Crippen LogP contribution in [0.25, 0.3) is 0 Å². The topological polar surface area (TPSA) is 65.4 Å². The number of thiazole rings is 1. The van der Waals surface area contributed by atoms with E-state index >= 15 is 0 Å². The molecule has 0 aromatic carbocycles. The van der Waals surface area contributed by atoms with Crippen molar-refractivity contribution in [3.05, 3.63) is 38.4 Å². The Morgan fingerprint density at radius 2 is 2.13 bits per heavy atom. The van der Waals surface area contributed by atoms with Crippen LogP contribution in [0.5, 0.6) is 0 Å². The van der Waals surface area contributed by atoms with Gasteiger partial charge in [0, 0.05) is 37.3 Å².